The monoisotopic (exact) mass is 326 g/mol. The first-order valence-corrected chi connectivity index (χ1v) is 8.80. The van der Waals surface area contributed by atoms with Crippen molar-refractivity contribution in [2.24, 2.45) is 0 Å². The van der Waals surface area contributed by atoms with Crippen LogP contribution in [0.5, 0.6) is 0 Å². The maximum Gasteiger partial charge on any atom is 0.0840 e. The zero-order chi connectivity index (χ0) is 17.8. The molecule has 2 nitrogen and oxygen atoms in total. The molecular weight excluding hydrogens is 296 g/mol. The van der Waals surface area contributed by atoms with Gasteiger partial charge in [0, 0.05) is 0 Å². The predicted octanol–water partition coefficient (Wildman–Crippen LogP) is 4.71. The van der Waals surface area contributed by atoms with E-state index in [1.807, 2.05) is 52.0 Å². The molecule has 0 bridgehead atoms. The summed E-state index contributed by atoms with van der Waals surface area (Å²) in [5.41, 5.74) is 3.01. The molecule has 2 rings (SSSR count). The summed E-state index contributed by atoms with van der Waals surface area (Å²) in [6.45, 7) is 7.24. The molecule has 0 saturated carbocycles. The number of unbranched alkanes of at least 4 members (excludes halogenated alkanes) is 1. The first-order valence-electron chi connectivity index (χ1n) is 8.80. The van der Waals surface area contributed by atoms with Crippen molar-refractivity contribution in [1.82, 2.24) is 0 Å². The molecule has 0 atom stereocenters. The number of aryl methyl sites for hydroxylation is 2. The van der Waals surface area contributed by atoms with Gasteiger partial charge in [0.1, 0.15) is 0 Å². The van der Waals surface area contributed by atoms with Crippen molar-refractivity contribution in [3.05, 3.63) is 70.8 Å². The molecule has 0 aromatic heterocycles. The summed E-state index contributed by atoms with van der Waals surface area (Å²) in [6.07, 6.45) is 4.42. The van der Waals surface area contributed by atoms with Crippen molar-refractivity contribution in [3.63, 3.8) is 0 Å². The van der Waals surface area contributed by atoms with E-state index in [-0.39, 0.29) is 0 Å². The van der Waals surface area contributed by atoms with Gasteiger partial charge in [-0.15, -0.1) is 0 Å². The Labute approximate surface area is 146 Å². The minimum absolute atomic E-state index is 0.770. The summed E-state index contributed by atoms with van der Waals surface area (Å²) in [4.78, 5) is 0. The van der Waals surface area contributed by atoms with Gasteiger partial charge in [-0.1, -0.05) is 48.5 Å². The number of benzene rings is 2. The van der Waals surface area contributed by atoms with E-state index in [0.29, 0.717) is 0 Å². The van der Waals surface area contributed by atoms with Gasteiger partial charge in [-0.25, -0.2) is 0 Å². The fourth-order valence-corrected chi connectivity index (χ4v) is 2.82. The third-order valence-corrected chi connectivity index (χ3v) is 4.50. The van der Waals surface area contributed by atoms with E-state index in [1.54, 1.807) is 0 Å². The predicted molar refractivity (Wildman–Crippen MR) is 100 cm³/mol. The molecule has 0 radical (unpaired) electrons. The Morgan fingerprint density at radius 2 is 0.875 bits per heavy atom. The minimum atomic E-state index is -0.770. The van der Waals surface area contributed by atoms with Crippen molar-refractivity contribution >= 4 is 0 Å². The van der Waals surface area contributed by atoms with Crippen LogP contribution in [0.15, 0.2) is 48.5 Å². The Morgan fingerprint density at radius 3 is 1.12 bits per heavy atom. The van der Waals surface area contributed by atoms with E-state index in [1.165, 1.54) is 11.1 Å². The topological polar surface area (TPSA) is 40.5 Å². The standard InChI is InChI=1S/C22H30O2/c1-21(2,23)19-13-9-17(10-14-19)7-5-6-8-18-11-15-20(16-12-18)22(3,4)24/h9-16,23-24H,5-8H2,1-4H3. The zero-order valence-electron chi connectivity index (χ0n) is 15.3. The second-order valence-corrected chi connectivity index (χ2v) is 7.72. The number of hydrogen-bond acceptors (Lipinski definition) is 2. The van der Waals surface area contributed by atoms with Crippen molar-refractivity contribution in [2.75, 3.05) is 0 Å². The molecule has 0 aliphatic rings. The summed E-state index contributed by atoms with van der Waals surface area (Å²) in [5.74, 6) is 0. The summed E-state index contributed by atoms with van der Waals surface area (Å²) < 4.78 is 0. The lowest BCUT2D eigenvalue weighted by Crippen LogP contribution is -2.15. The highest BCUT2D eigenvalue weighted by Crippen LogP contribution is 2.21. The average molecular weight is 326 g/mol. The smallest absolute Gasteiger partial charge is 0.0840 e. The van der Waals surface area contributed by atoms with Crippen LogP contribution in [-0.2, 0) is 24.0 Å². The lowest BCUT2D eigenvalue weighted by atomic mass is 9.95. The highest BCUT2D eigenvalue weighted by Gasteiger charge is 2.15. The van der Waals surface area contributed by atoms with Gasteiger partial charge >= 0.3 is 0 Å². The average Bonchev–Trinajstić information content (AvgIpc) is 2.51. The maximum atomic E-state index is 9.97. The largest absolute Gasteiger partial charge is 0.386 e. The van der Waals surface area contributed by atoms with Crippen LogP contribution in [0.25, 0.3) is 0 Å². The van der Waals surface area contributed by atoms with E-state index >= 15 is 0 Å². The highest BCUT2D eigenvalue weighted by atomic mass is 16.3. The van der Waals surface area contributed by atoms with Gasteiger partial charge < -0.3 is 10.2 Å². The molecule has 0 amide bonds. The Bertz CT molecular complexity index is 566. The highest BCUT2D eigenvalue weighted by molar-refractivity contribution is 5.27. The summed E-state index contributed by atoms with van der Waals surface area (Å²) in [6, 6.07) is 16.5. The molecule has 130 valence electrons. The fraction of sp³-hybridized carbons (Fsp3) is 0.455. The normalized spacial score (nSPS) is 12.4. The van der Waals surface area contributed by atoms with Gasteiger partial charge in [0.2, 0.25) is 0 Å². The fourth-order valence-electron chi connectivity index (χ4n) is 2.82. The van der Waals surface area contributed by atoms with Gasteiger partial charge in [-0.2, -0.15) is 0 Å². The van der Waals surface area contributed by atoms with Crippen molar-refractivity contribution in [1.29, 1.82) is 0 Å². The quantitative estimate of drug-likeness (QED) is 0.724. The maximum absolute atomic E-state index is 9.97. The van der Waals surface area contributed by atoms with Crippen LogP contribution >= 0.6 is 0 Å². The molecule has 2 N–H and O–H groups in total. The van der Waals surface area contributed by atoms with Crippen LogP contribution in [0.1, 0.15) is 62.8 Å². The van der Waals surface area contributed by atoms with Crippen LogP contribution < -0.4 is 0 Å². The van der Waals surface area contributed by atoms with Gasteiger partial charge in [-0.3, -0.25) is 0 Å². The lowest BCUT2D eigenvalue weighted by molar-refractivity contribution is 0.0780. The molecule has 0 heterocycles. The Morgan fingerprint density at radius 1 is 0.583 bits per heavy atom. The van der Waals surface area contributed by atoms with Gasteiger partial charge in [0.05, 0.1) is 11.2 Å². The number of rotatable bonds is 7. The number of aliphatic hydroxyl groups is 2. The third-order valence-electron chi connectivity index (χ3n) is 4.50. The van der Waals surface area contributed by atoms with Crippen molar-refractivity contribution in [2.45, 2.75) is 64.6 Å². The van der Waals surface area contributed by atoms with Crippen LogP contribution in [0.2, 0.25) is 0 Å². The van der Waals surface area contributed by atoms with E-state index < -0.39 is 11.2 Å². The second-order valence-electron chi connectivity index (χ2n) is 7.72. The van der Waals surface area contributed by atoms with E-state index in [2.05, 4.69) is 24.3 Å². The molecule has 0 spiro atoms. The van der Waals surface area contributed by atoms with Crippen molar-refractivity contribution < 1.29 is 10.2 Å². The number of hydrogen-bond donors (Lipinski definition) is 2. The Hall–Kier alpha value is -1.64. The molecule has 2 aromatic rings. The van der Waals surface area contributed by atoms with E-state index in [0.717, 1.165) is 36.8 Å². The summed E-state index contributed by atoms with van der Waals surface area (Å²) in [5, 5.41) is 19.9. The molecule has 0 saturated heterocycles. The van der Waals surface area contributed by atoms with Crippen molar-refractivity contribution in [3.8, 4) is 0 Å². The summed E-state index contributed by atoms with van der Waals surface area (Å²) in [7, 11) is 0. The van der Waals surface area contributed by atoms with Crippen LogP contribution in [0.4, 0.5) is 0 Å². The van der Waals surface area contributed by atoms with Crippen LogP contribution in [-0.4, -0.2) is 10.2 Å². The first-order chi connectivity index (χ1) is 11.2. The molecule has 2 aromatic carbocycles. The molecule has 0 aliphatic carbocycles. The van der Waals surface area contributed by atoms with Gasteiger partial charge in [-0.05, 0) is 75.6 Å². The Kier molecular flexibility index (Phi) is 5.84. The van der Waals surface area contributed by atoms with E-state index in [4.69, 9.17) is 0 Å². The molecule has 24 heavy (non-hydrogen) atoms. The van der Waals surface area contributed by atoms with Gasteiger partial charge in [0.15, 0.2) is 0 Å². The molecule has 0 aliphatic heterocycles. The third kappa shape index (κ3) is 5.47. The van der Waals surface area contributed by atoms with Crippen LogP contribution in [0, 0.1) is 0 Å². The lowest BCUT2D eigenvalue weighted by Gasteiger charge is -2.18. The van der Waals surface area contributed by atoms with E-state index in [9.17, 15) is 10.2 Å². The molecule has 0 fully saturated rings. The second kappa shape index (κ2) is 7.50. The van der Waals surface area contributed by atoms with Gasteiger partial charge in [0.25, 0.3) is 0 Å². The molecule has 2 heteroatoms. The Balaban J connectivity index is 1.79. The van der Waals surface area contributed by atoms with Crippen LogP contribution in [0.3, 0.4) is 0 Å². The molecule has 0 unspecified atom stereocenters. The first kappa shape index (κ1) is 18.7. The SMILES string of the molecule is CC(C)(O)c1ccc(CCCCc2ccc(C(C)(C)O)cc2)cc1. The minimum Gasteiger partial charge on any atom is -0.386 e. The molecular formula is C22H30O2. The zero-order valence-corrected chi connectivity index (χ0v) is 15.3. The summed E-state index contributed by atoms with van der Waals surface area (Å²) >= 11 is 0.